The number of fused-ring (bicyclic) bond motifs is 1. The summed E-state index contributed by atoms with van der Waals surface area (Å²) in [6, 6.07) is 30.3. The van der Waals surface area contributed by atoms with Crippen LogP contribution in [0.15, 0.2) is 101 Å². The minimum Gasteiger partial charge on any atom is -0.481 e. The summed E-state index contributed by atoms with van der Waals surface area (Å²) in [5.74, 6) is -1.64. The number of hydrogen-bond donors (Lipinski definition) is 1. The van der Waals surface area contributed by atoms with Crippen molar-refractivity contribution in [1.82, 2.24) is 4.90 Å². The van der Waals surface area contributed by atoms with Crippen LogP contribution >= 0.6 is 0 Å². The maximum absolute atomic E-state index is 13.3. The molecule has 43 heavy (non-hydrogen) atoms. The number of aryl methyl sites for hydroxylation is 1. The molecule has 0 spiro atoms. The van der Waals surface area contributed by atoms with E-state index in [9.17, 15) is 23.1 Å². The van der Waals surface area contributed by atoms with E-state index in [0.29, 0.717) is 18.7 Å². The lowest BCUT2D eigenvalue weighted by Crippen LogP contribution is -2.28. The molecule has 0 atom stereocenters. The van der Waals surface area contributed by atoms with Crippen molar-refractivity contribution in [3.8, 4) is 11.1 Å². The first kappa shape index (κ1) is 30.1. The third kappa shape index (κ3) is 6.67. The molecule has 0 saturated heterocycles. The van der Waals surface area contributed by atoms with Crippen LogP contribution < -0.4 is 0 Å². The van der Waals surface area contributed by atoms with Crippen LogP contribution in [0.4, 0.5) is 13.2 Å². The number of carbonyl (C=O) groups is 1. The van der Waals surface area contributed by atoms with Crippen molar-refractivity contribution in [3.05, 3.63) is 131 Å². The molecule has 1 heterocycles. The predicted molar refractivity (Wildman–Crippen MR) is 163 cm³/mol. The van der Waals surface area contributed by atoms with Crippen LogP contribution in [0.2, 0.25) is 0 Å². The van der Waals surface area contributed by atoms with Gasteiger partial charge in [-0.05, 0) is 76.6 Å². The van der Waals surface area contributed by atoms with Gasteiger partial charge in [0.05, 0.1) is 12.0 Å². The molecular weight excluding hydrogens is 551 g/mol. The SMILES string of the molecule is CCc1ccc2ccccc2c1CN(Cc1ccc(-c2cccc(C(C)(C)C(=O)O)c2)cc1)Cc1ccc(C(F)(F)F)o1. The maximum atomic E-state index is 13.3. The van der Waals surface area contributed by atoms with E-state index in [1.54, 1.807) is 13.8 Å². The van der Waals surface area contributed by atoms with Gasteiger partial charge >= 0.3 is 12.1 Å². The van der Waals surface area contributed by atoms with Gasteiger partial charge in [0.1, 0.15) is 5.76 Å². The van der Waals surface area contributed by atoms with Crippen molar-refractivity contribution in [2.24, 2.45) is 0 Å². The zero-order valence-electron chi connectivity index (χ0n) is 24.4. The molecule has 5 rings (SSSR count). The quantitative estimate of drug-likeness (QED) is 0.178. The third-order valence-electron chi connectivity index (χ3n) is 8.03. The number of aliphatic carboxylic acids is 1. The largest absolute Gasteiger partial charge is 0.481 e. The Morgan fingerprint density at radius 3 is 2.23 bits per heavy atom. The fourth-order valence-corrected chi connectivity index (χ4v) is 5.40. The fourth-order valence-electron chi connectivity index (χ4n) is 5.40. The Bertz CT molecular complexity index is 1740. The summed E-state index contributed by atoms with van der Waals surface area (Å²) in [4.78, 5) is 13.9. The number of carboxylic acids is 1. The summed E-state index contributed by atoms with van der Waals surface area (Å²) in [7, 11) is 0. The lowest BCUT2D eigenvalue weighted by Gasteiger charge is -2.24. The molecule has 0 aliphatic carbocycles. The summed E-state index contributed by atoms with van der Waals surface area (Å²) >= 11 is 0. The molecule has 0 amide bonds. The molecular formula is C36H34F3NO3. The first-order chi connectivity index (χ1) is 20.5. The van der Waals surface area contributed by atoms with Crippen molar-refractivity contribution in [2.45, 2.75) is 58.4 Å². The second-order valence-electron chi connectivity index (χ2n) is 11.4. The van der Waals surface area contributed by atoms with Gasteiger partial charge in [-0.25, -0.2) is 0 Å². The van der Waals surface area contributed by atoms with Crippen molar-refractivity contribution < 1.29 is 27.5 Å². The Morgan fingerprint density at radius 1 is 0.814 bits per heavy atom. The highest BCUT2D eigenvalue weighted by Crippen LogP contribution is 2.33. The van der Waals surface area contributed by atoms with E-state index in [0.717, 1.165) is 45.5 Å². The molecule has 4 nitrogen and oxygen atoms in total. The molecule has 0 bridgehead atoms. The minimum atomic E-state index is -4.54. The number of benzene rings is 4. The molecule has 1 N–H and O–H groups in total. The Balaban J connectivity index is 1.45. The van der Waals surface area contributed by atoms with Crippen LogP contribution in [-0.4, -0.2) is 16.0 Å². The predicted octanol–water partition coefficient (Wildman–Crippen LogP) is 9.25. The summed E-state index contributed by atoms with van der Waals surface area (Å²) < 4.78 is 45.1. The number of alkyl halides is 3. The average Bonchev–Trinajstić information content (AvgIpc) is 3.47. The standard InChI is InChI=1S/C36H34F3NO3/c1-4-25-16-17-27-8-5-6-11-31(27)32(25)23-40(22-30-18-19-33(43-30)36(37,38)39)21-24-12-14-26(15-13-24)28-9-7-10-29(20-28)35(2,3)34(41)42/h5-20H,4,21-23H2,1-3H3,(H,41,42). The van der Waals surface area contributed by atoms with E-state index in [-0.39, 0.29) is 12.3 Å². The van der Waals surface area contributed by atoms with Crippen LogP contribution in [0.25, 0.3) is 21.9 Å². The Hall–Kier alpha value is -4.36. The minimum absolute atomic E-state index is 0.205. The Kier molecular flexibility index (Phi) is 8.47. The Labute approximate surface area is 249 Å². The topological polar surface area (TPSA) is 53.7 Å². The van der Waals surface area contributed by atoms with Crippen LogP contribution in [0.3, 0.4) is 0 Å². The number of furan rings is 1. The molecule has 7 heteroatoms. The van der Waals surface area contributed by atoms with Gasteiger partial charge in [0.2, 0.25) is 5.76 Å². The van der Waals surface area contributed by atoms with Gasteiger partial charge in [-0.15, -0.1) is 0 Å². The molecule has 4 aromatic carbocycles. The van der Waals surface area contributed by atoms with Gasteiger partial charge in [0, 0.05) is 13.1 Å². The van der Waals surface area contributed by atoms with Gasteiger partial charge < -0.3 is 9.52 Å². The zero-order valence-corrected chi connectivity index (χ0v) is 24.4. The van der Waals surface area contributed by atoms with Crippen LogP contribution in [0.1, 0.15) is 54.5 Å². The van der Waals surface area contributed by atoms with Crippen molar-refractivity contribution in [1.29, 1.82) is 0 Å². The second kappa shape index (κ2) is 12.1. The molecule has 0 saturated carbocycles. The lowest BCUT2D eigenvalue weighted by atomic mass is 9.83. The van der Waals surface area contributed by atoms with Crippen LogP contribution in [-0.2, 0) is 42.4 Å². The zero-order chi connectivity index (χ0) is 30.8. The van der Waals surface area contributed by atoms with Gasteiger partial charge in [-0.3, -0.25) is 9.69 Å². The summed E-state index contributed by atoms with van der Waals surface area (Å²) in [6.07, 6.45) is -3.71. The number of hydrogen-bond acceptors (Lipinski definition) is 3. The molecule has 5 aromatic rings. The van der Waals surface area contributed by atoms with E-state index in [1.807, 2.05) is 60.7 Å². The maximum Gasteiger partial charge on any atom is 0.449 e. The molecule has 0 aliphatic heterocycles. The van der Waals surface area contributed by atoms with Gasteiger partial charge in [0.25, 0.3) is 0 Å². The average molecular weight is 586 g/mol. The molecule has 222 valence electrons. The second-order valence-corrected chi connectivity index (χ2v) is 11.4. The van der Waals surface area contributed by atoms with Gasteiger partial charge in [0.15, 0.2) is 0 Å². The number of halogens is 3. The van der Waals surface area contributed by atoms with Crippen molar-refractivity contribution in [2.75, 3.05) is 0 Å². The number of rotatable bonds is 10. The van der Waals surface area contributed by atoms with E-state index in [1.165, 1.54) is 11.6 Å². The third-order valence-corrected chi connectivity index (χ3v) is 8.03. The first-order valence-corrected chi connectivity index (χ1v) is 14.3. The summed E-state index contributed by atoms with van der Waals surface area (Å²) in [5, 5.41) is 11.9. The van der Waals surface area contributed by atoms with E-state index < -0.39 is 23.3 Å². The monoisotopic (exact) mass is 585 g/mol. The van der Waals surface area contributed by atoms with Gasteiger partial charge in [-0.1, -0.05) is 91.9 Å². The molecule has 0 aliphatic rings. The highest BCUT2D eigenvalue weighted by molar-refractivity contribution is 5.86. The van der Waals surface area contributed by atoms with E-state index in [2.05, 4.69) is 36.1 Å². The lowest BCUT2D eigenvalue weighted by molar-refractivity contribution is -0.153. The van der Waals surface area contributed by atoms with Gasteiger partial charge in [-0.2, -0.15) is 13.2 Å². The first-order valence-electron chi connectivity index (χ1n) is 14.3. The highest BCUT2D eigenvalue weighted by Gasteiger charge is 2.35. The Morgan fingerprint density at radius 2 is 1.56 bits per heavy atom. The summed E-state index contributed by atoms with van der Waals surface area (Å²) in [5.41, 5.74) is 4.89. The van der Waals surface area contributed by atoms with Crippen LogP contribution in [0.5, 0.6) is 0 Å². The number of nitrogens with zero attached hydrogens (tertiary/aromatic N) is 1. The van der Waals surface area contributed by atoms with Crippen LogP contribution in [0, 0.1) is 0 Å². The normalized spacial score (nSPS) is 12.3. The van der Waals surface area contributed by atoms with Crippen molar-refractivity contribution in [3.63, 3.8) is 0 Å². The molecule has 0 unspecified atom stereocenters. The fraction of sp³-hybridized carbons (Fsp3) is 0.250. The molecule has 1 aromatic heterocycles. The highest BCUT2D eigenvalue weighted by atomic mass is 19.4. The van der Waals surface area contributed by atoms with E-state index in [4.69, 9.17) is 4.42 Å². The smallest absolute Gasteiger partial charge is 0.449 e. The van der Waals surface area contributed by atoms with Crippen molar-refractivity contribution >= 4 is 16.7 Å². The molecule has 0 fully saturated rings. The van der Waals surface area contributed by atoms with E-state index >= 15 is 0 Å². The summed E-state index contributed by atoms with van der Waals surface area (Å²) in [6.45, 7) is 6.69. The molecule has 0 radical (unpaired) electrons. The number of carboxylic acid groups (broad SMARTS) is 1.